The smallest absolute Gasteiger partial charge is 0.293 e. The van der Waals surface area contributed by atoms with Crippen LogP contribution >= 0.6 is 27.7 Å². The number of nitrogen functional groups attached to an aromatic ring is 1. The fourth-order valence-electron chi connectivity index (χ4n) is 2.76. The summed E-state index contributed by atoms with van der Waals surface area (Å²) in [4.78, 5) is 32.8. The van der Waals surface area contributed by atoms with Crippen molar-refractivity contribution in [1.82, 2.24) is 14.9 Å². The highest BCUT2D eigenvalue weighted by atomic mass is 79.9. The van der Waals surface area contributed by atoms with Crippen LogP contribution in [0.15, 0.2) is 27.8 Å². The number of nitrogens with zero attached hydrogens (tertiary/aromatic N) is 3. The molecule has 2 heterocycles. The summed E-state index contributed by atoms with van der Waals surface area (Å²) >= 11 is 3.83. The maximum atomic E-state index is 14.6. The second-order valence-electron chi connectivity index (χ2n) is 7.17. The van der Waals surface area contributed by atoms with E-state index in [9.17, 15) is 19.1 Å². The number of imide groups is 1. The summed E-state index contributed by atoms with van der Waals surface area (Å²) in [6.07, 6.45) is 4.84. The van der Waals surface area contributed by atoms with Crippen LogP contribution in [-0.2, 0) is 11.2 Å². The predicted octanol–water partition coefficient (Wildman–Crippen LogP) is 2.30. The molecular weight excluding hydrogens is 478 g/mol. The maximum absolute atomic E-state index is 14.6. The molecule has 0 aliphatic carbocycles. The fraction of sp³-hybridized carbons (Fsp3) is 0.222. The Kier molecular flexibility index (Phi) is 6.09. The van der Waals surface area contributed by atoms with Gasteiger partial charge >= 0.3 is 0 Å². The summed E-state index contributed by atoms with van der Waals surface area (Å²) < 4.78 is 20.4. The standard InChI is InChI=1S/C18H17BBrFN4O4S/c1-18(19,5-8-6-23-16(22)24-7-8)29-10-3-9(12(20)13(21)14(10)26)4-11-15(27)25(2)17(28)30-11/h3-4,6-7,26H,5,19H2,1-2H3,(H2,22,23,24)/b11-4-. The van der Waals surface area contributed by atoms with E-state index in [0.717, 1.165) is 22.2 Å². The Morgan fingerprint density at radius 3 is 2.63 bits per heavy atom. The first-order valence-corrected chi connectivity index (χ1v) is 10.3. The number of amides is 2. The van der Waals surface area contributed by atoms with Gasteiger partial charge in [-0.15, -0.1) is 0 Å². The average molecular weight is 495 g/mol. The lowest BCUT2D eigenvalue weighted by atomic mass is 9.78. The van der Waals surface area contributed by atoms with E-state index < -0.39 is 28.2 Å². The Morgan fingerprint density at radius 2 is 2.07 bits per heavy atom. The lowest BCUT2D eigenvalue weighted by Gasteiger charge is -2.27. The molecule has 2 amide bonds. The molecule has 1 fully saturated rings. The number of likely N-dealkylation sites (N-methyl/N-ethyl adjacent to an activating group) is 1. The Morgan fingerprint density at radius 1 is 1.43 bits per heavy atom. The minimum atomic E-state index is -0.943. The Labute approximate surface area is 185 Å². The third-order valence-electron chi connectivity index (χ3n) is 4.19. The van der Waals surface area contributed by atoms with Crippen molar-refractivity contribution in [2.45, 2.75) is 18.8 Å². The van der Waals surface area contributed by atoms with Crippen LogP contribution in [-0.4, -0.2) is 51.5 Å². The van der Waals surface area contributed by atoms with Crippen molar-refractivity contribution in [2.75, 3.05) is 12.8 Å². The average Bonchev–Trinajstić information content (AvgIpc) is 2.92. The van der Waals surface area contributed by atoms with E-state index >= 15 is 0 Å². The van der Waals surface area contributed by atoms with Crippen LogP contribution in [0.3, 0.4) is 0 Å². The van der Waals surface area contributed by atoms with Crippen LogP contribution in [0.5, 0.6) is 11.5 Å². The number of phenols is 1. The van der Waals surface area contributed by atoms with Crippen molar-refractivity contribution in [2.24, 2.45) is 0 Å². The zero-order chi connectivity index (χ0) is 22.2. The molecule has 30 heavy (non-hydrogen) atoms. The third kappa shape index (κ3) is 4.59. The molecule has 3 N–H and O–H groups in total. The second kappa shape index (κ2) is 8.27. The summed E-state index contributed by atoms with van der Waals surface area (Å²) in [6, 6.07) is 1.40. The van der Waals surface area contributed by atoms with Gasteiger partial charge in [-0.3, -0.25) is 14.5 Å². The Bertz CT molecular complexity index is 1070. The number of aromatic nitrogens is 2. The molecule has 0 radical (unpaired) electrons. The van der Waals surface area contributed by atoms with Gasteiger partial charge in [0.15, 0.2) is 25.2 Å². The molecule has 1 aliphatic rings. The van der Waals surface area contributed by atoms with Gasteiger partial charge in [-0.1, -0.05) is 0 Å². The van der Waals surface area contributed by atoms with E-state index in [1.807, 2.05) is 0 Å². The van der Waals surface area contributed by atoms with Gasteiger partial charge < -0.3 is 15.6 Å². The molecule has 1 unspecified atom stereocenters. The van der Waals surface area contributed by atoms with Crippen molar-refractivity contribution < 1.29 is 23.8 Å². The second-order valence-corrected chi connectivity index (χ2v) is 8.96. The number of phenolic OH excluding ortho intramolecular Hbond substituents is 1. The number of anilines is 1. The topological polar surface area (TPSA) is 119 Å². The van der Waals surface area contributed by atoms with Crippen LogP contribution < -0.4 is 10.5 Å². The molecule has 3 rings (SSSR count). The number of halogens is 2. The number of carbonyl (C=O) groups excluding carboxylic acids is 2. The summed E-state index contributed by atoms with van der Waals surface area (Å²) in [5, 5.41) is 9.81. The van der Waals surface area contributed by atoms with Gasteiger partial charge in [0, 0.05) is 25.9 Å². The minimum absolute atomic E-state index is 0.0556. The summed E-state index contributed by atoms with van der Waals surface area (Å²) in [7, 11) is 3.12. The Hall–Kier alpha value is -2.60. The fourth-order valence-corrected chi connectivity index (χ4v) is 4.00. The number of hydrogen-bond acceptors (Lipinski definition) is 8. The van der Waals surface area contributed by atoms with Crippen molar-refractivity contribution in [3.63, 3.8) is 0 Å². The first kappa shape index (κ1) is 22.1. The van der Waals surface area contributed by atoms with Gasteiger partial charge in [-0.2, -0.15) is 0 Å². The number of thioether (sulfide) groups is 1. The molecule has 1 saturated heterocycles. The van der Waals surface area contributed by atoms with E-state index in [2.05, 4.69) is 25.9 Å². The Balaban J connectivity index is 1.92. The molecule has 1 atom stereocenters. The highest BCUT2D eigenvalue weighted by Gasteiger charge is 2.32. The van der Waals surface area contributed by atoms with Gasteiger partial charge in [0.2, 0.25) is 5.95 Å². The summed E-state index contributed by atoms with van der Waals surface area (Å²) in [5.41, 5.74) is 5.60. The monoisotopic (exact) mass is 494 g/mol. The zero-order valence-corrected chi connectivity index (χ0v) is 18.7. The van der Waals surface area contributed by atoms with E-state index in [0.29, 0.717) is 6.42 Å². The molecule has 156 valence electrons. The first-order chi connectivity index (χ1) is 14.0. The zero-order valence-electron chi connectivity index (χ0n) is 16.3. The van der Waals surface area contributed by atoms with E-state index in [-0.39, 0.29) is 26.6 Å². The van der Waals surface area contributed by atoms with E-state index in [1.54, 1.807) is 27.2 Å². The molecule has 1 aromatic heterocycles. The quantitative estimate of drug-likeness (QED) is 0.480. The largest absolute Gasteiger partial charge is 0.502 e. The van der Waals surface area contributed by atoms with Gasteiger partial charge in [0.05, 0.1) is 14.9 Å². The van der Waals surface area contributed by atoms with Crippen LogP contribution in [0.25, 0.3) is 6.08 Å². The van der Waals surface area contributed by atoms with E-state index in [1.165, 1.54) is 19.2 Å². The molecule has 1 aromatic carbocycles. The van der Waals surface area contributed by atoms with Gasteiger partial charge in [0.25, 0.3) is 11.1 Å². The molecule has 0 spiro atoms. The number of carbonyl (C=O) groups is 2. The number of nitrogens with two attached hydrogens (primary N) is 1. The van der Waals surface area contributed by atoms with Crippen molar-refractivity contribution in [3.05, 3.63) is 44.8 Å². The van der Waals surface area contributed by atoms with E-state index in [4.69, 9.17) is 10.5 Å². The van der Waals surface area contributed by atoms with Crippen LogP contribution in [0.4, 0.5) is 15.1 Å². The number of ether oxygens (including phenoxy) is 1. The third-order valence-corrected chi connectivity index (χ3v) is 5.96. The van der Waals surface area contributed by atoms with Crippen LogP contribution in [0.1, 0.15) is 18.1 Å². The number of aromatic hydroxyl groups is 1. The SMILES string of the molecule is BC(C)(Cc1cnc(N)nc1)Oc1cc(/C=C2\SC(=O)N(C)C2=O)c(Br)c(F)c1O. The van der Waals surface area contributed by atoms with Gasteiger partial charge in [-0.05, 0) is 57.9 Å². The van der Waals surface area contributed by atoms with Crippen molar-refractivity contribution in [1.29, 1.82) is 0 Å². The molecule has 2 aromatic rings. The lowest BCUT2D eigenvalue weighted by molar-refractivity contribution is -0.121. The molecule has 0 saturated carbocycles. The highest BCUT2D eigenvalue weighted by molar-refractivity contribution is 9.10. The normalized spacial score (nSPS) is 17.5. The molecular formula is C18H17BBrFN4O4S. The van der Waals surface area contributed by atoms with Crippen molar-refractivity contribution in [3.8, 4) is 11.5 Å². The first-order valence-electron chi connectivity index (χ1n) is 8.66. The lowest BCUT2D eigenvalue weighted by Crippen LogP contribution is -2.35. The molecule has 0 bridgehead atoms. The van der Waals surface area contributed by atoms with Gasteiger partial charge in [0.1, 0.15) is 0 Å². The molecule has 12 heteroatoms. The maximum Gasteiger partial charge on any atom is 0.293 e. The molecule has 8 nitrogen and oxygen atoms in total. The van der Waals surface area contributed by atoms with Crippen molar-refractivity contribution >= 4 is 58.7 Å². The summed E-state index contributed by atoms with van der Waals surface area (Å²) in [6.45, 7) is 1.75. The number of benzene rings is 1. The van der Waals surface area contributed by atoms with Crippen LogP contribution in [0, 0.1) is 5.82 Å². The number of hydrogen-bond donors (Lipinski definition) is 2. The van der Waals surface area contributed by atoms with Gasteiger partial charge in [-0.25, -0.2) is 14.4 Å². The minimum Gasteiger partial charge on any atom is -0.502 e. The predicted molar refractivity (Wildman–Crippen MR) is 117 cm³/mol. The summed E-state index contributed by atoms with van der Waals surface area (Å²) in [5.74, 6) is -2.08. The number of rotatable bonds is 5. The van der Waals surface area contributed by atoms with Crippen LogP contribution in [0.2, 0.25) is 0 Å². The molecule has 1 aliphatic heterocycles. The highest BCUT2D eigenvalue weighted by Crippen LogP contribution is 2.41.